The molecule has 0 spiro atoms. The lowest BCUT2D eigenvalue weighted by Crippen LogP contribution is -2.49. The minimum atomic E-state index is 0.106. The van der Waals surface area contributed by atoms with Crippen LogP contribution >= 0.6 is 0 Å². The van der Waals surface area contributed by atoms with Crippen LogP contribution in [0.1, 0.15) is 5.56 Å². The van der Waals surface area contributed by atoms with Gasteiger partial charge in [0.15, 0.2) is 17.3 Å². The van der Waals surface area contributed by atoms with Gasteiger partial charge in [0, 0.05) is 31.7 Å². The fourth-order valence-corrected chi connectivity index (χ4v) is 4.46. The molecule has 0 N–H and O–H groups in total. The quantitative estimate of drug-likeness (QED) is 0.422. The monoisotopic (exact) mass is 468 g/mol. The lowest BCUT2D eigenvalue weighted by molar-refractivity contribution is -0.130. The van der Waals surface area contributed by atoms with Crippen molar-refractivity contribution in [2.75, 3.05) is 45.3 Å². The zero-order chi connectivity index (χ0) is 24.2. The van der Waals surface area contributed by atoms with E-state index in [1.165, 1.54) is 10.8 Å². The second-order valence-corrected chi connectivity index (χ2v) is 8.57. The van der Waals surface area contributed by atoms with Crippen molar-refractivity contribution in [3.63, 3.8) is 0 Å². The molecule has 1 aliphatic heterocycles. The zero-order valence-corrected chi connectivity index (χ0v) is 20.0. The van der Waals surface area contributed by atoms with Gasteiger partial charge in [0.25, 0.3) is 0 Å². The summed E-state index contributed by atoms with van der Waals surface area (Å²) in [5, 5.41) is 11.3. The van der Waals surface area contributed by atoms with Gasteiger partial charge in [0.05, 0.1) is 26.3 Å². The van der Waals surface area contributed by atoms with Crippen molar-refractivity contribution in [3.05, 3.63) is 78.4 Å². The Labute approximate surface area is 204 Å². The smallest absolute Gasteiger partial charge is 0.227 e. The van der Waals surface area contributed by atoms with E-state index < -0.39 is 0 Å². The van der Waals surface area contributed by atoms with E-state index in [-0.39, 0.29) is 5.91 Å². The molecule has 1 aliphatic rings. The van der Waals surface area contributed by atoms with Gasteiger partial charge in [-0.05, 0) is 46.7 Å². The molecule has 5 rings (SSSR count). The lowest BCUT2D eigenvalue weighted by atomic mass is 10.1. The molecule has 1 aromatic heterocycles. The summed E-state index contributed by atoms with van der Waals surface area (Å²) >= 11 is 0. The summed E-state index contributed by atoms with van der Waals surface area (Å²) in [6.45, 7) is 2.75. The number of carbonyl (C=O) groups is 1. The van der Waals surface area contributed by atoms with Crippen LogP contribution in [0.2, 0.25) is 0 Å². The number of hydrogen-bond acceptors (Lipinski definition) is 6. The lowest BCUT2D eigenvalue weighted by Gasteiger charge is -2.35. The average molecular weight is 469 g/mol. The number of aromatic nitrogens is 2. The molecule has 35 heavy (non-hydrogen) atoms. The van der Waals surface area contributed by atoms with Gasteiger partial charge < -0.3 is 19.3 Å². The second kappa shape index (κ2) is 10.0. The first-order valence-electron chi connectivity index (χ1n) is 11.7. The van der Waals surface area contributed by atoms with Gasteiger partial charge in [0.2, 0.25) is 5.91 Å². The molecule has 0 radical (unpaired) electrons. The molecule has 2 heterocycles. The molecule has 1 amide bonds. The molecule has 1 saturated heterocycles. The van der Waals surface area contributed by atoms with Gasteiger partial charge in [-0.25, -0.2) is 0 Å². The number of amides is 1. The molecule has 0 atom stereocenters. The number of rotatable bonds is 6. The van der Waals surface area contributed by atoms with E-state index in [1.807, 2.05) is 47.4 Å². The van der Waals surface area contributed by atoms with Crippen LogP contribution in [0.5, 0.6) is 11.5 Å². The predicted octanol–water partition coefficient (Wildman–Crippen LogP) is 4.21. The highest BCUT2D eigenvalue weighted by Crippen LogP contribution is 2.28. The number of methoxy groups -OCH3 is 2. The van der Waals surface area contributed by atoms with Crippen molar-refractivity contribution in [2.24, 2.45) is 0 Å². The van der Waals surface area contributed by atoms with Crippen molar-refractivity contribution in [1.82, 2.24) is 15.1 Å². The molecule has 0 unspecified atom stereocenters. The molecule has 0 saturated carbocycles. The molecule has 7 heteroatoms. The first kappa shape index (κ1) is 22.7. The van der Waals surface area contributed by atoms with Crippen LogP contribution in [0, 0.1) is 0 Å². The molecule has 1 fully saturated rings. The maximum Gasteiger partial charge on any atom is 0.227 e. The molecular formula is C28H28N4O3. The summed E-state index contributed by atoms with van der Waals surface area (Å²) in [6, 6.07) is 24.2. The third-order valence-electron chi connectivity index (χ3n) is 6.46. The highest BCUT2D eigenvalue weighted by atomic mass is 16.5. The zero-order valence-electron chi connectivity index (χ0n) is 20.0. The Kier molecular flexibility index (Phi) is 6.48. The van der Waals surface area contributed by atoms with Gasteiger partial charge in [-0.15, -0.1) is 10.2 Å². The highest BCUT2D eigenvalue weighted by molar-refractivity contribution is 5.86. The summed E-state index contributed by atoms with van der Waals surface area (Å²) in [6.07, 6.45) is 0.334. The van der Waals surface area contributed by atoms with E-state index in [0.717, 1.165) is 35.7 Å². The predicted molar refractivity (Wildman–Crippen MR) is 137 cm³/mol. The van der Waals surface area contributed by atoms with Crippen LogP contribution in [-0.2, 0) is 11.2 Å². The van der Waals surface area contributed by atoms with Crippen molar-refractivity contribution in [3.8, 4) is 22.8 Å². The first-order valence-corrected chi connectivity index (χ1v) is 11.7. The molecule has 7 nitrogen and oxygen atoms in total. The largest absolute Gasteiger partial charge is 0.493 e. The third kappa shape index (κ3) is 4.89. The Hall–Kier alpha value is -4.13. The maximum atomic E-state index is 12.9. The van der Waals surface area contributed by atoms with E-state index >= 15 is 0 Å². The summed E-state index contributed by atoms with van der Waals surface area (Å²) in [7, 11) is 3.20. The topological polar surface area (TPSA) is 67.8 Å². The maximum absolute atomic E-state index is 12.9. The Morgan fingerprint density at radius 2 is 1.57 bits per heavy atom. The normalized spacial score (nSPS) is 13.7. The second-order valence-electron chi connectivity index (χ2n) is 8.57. The molecule has 0 aliphatic carbocycles. The number of anilines is 1. The van der Waals surface area contributed by atoms with Crippen molar-refractivity contribution in [1.29, 1.82) is 0 Å². The highest BCUT2D eigenvalue weighted by Gasteiger charge is 2.22. The van der Waals surface area contributed by atoms with Crippen molar-refractivity contribution in [2.45, 2.75) is 6.42 Å². The summed E-state index contributed by atoms with van der Waals surface area (Å²) < 4.78 is 10.6. The van der Waals surface area contributed by atoms with Gasteiger partial charge in [-0.2, -0.15) is 0 Å². The van der Waals surface area contributed by atoms with E-state index in [9.17, 15) is 4.79 Å². The summed E-state index contributed by atoms with van der Waals surface area (Å²) in [5.74, 6) is 2.23. The van der Waals surface area contributed by atoms with Crippen LogP contribution in [0.15, 0.2) is 72.8 Å². The third-order valence-corrected chi connectivity index (χ3v) is 6.46. The fourth-order valence-electron chi connectivity index (χ4n) is 4.46. The minimum Gasteiger partial charge on any atom is -0.493 e. The van der Waals surface area contributed by atoms with Crippen LogP contribution in [0.25, 0.3) is 22.0 Å². The number of ether oxygens (including phenoxy) is 2. The fraction of sp³-hybridized carbons (Fsp3) is 0.250. The van der Waals surface area contributed by atoms with E-state index in [0.29, 0.717) is 31.0 Å². The minimum absolute atomic E-state index is 0.106. The van der Waals surface area contributed by atoms with Gasteiger partial charge in [-0.3, -0.25) is 4.79 Å². The molecule has 0 bridgehead atoms. The number of fused-ring (bicyclic) bond motifs is 1. The van der Waals surface area contributed by atoms with Crippen LogP contribution in [0.3, 0.4) is 0 Å². The van der Waals surface area contributed by atoms with Crippen LogP contribution in [-0.4, -0.2) is 61.4 Å². The first-order chi connectivity index (χ1) is 17.1. The van der Waals surface area contributed by atoms with Gasteiger partial charge in [0.1, 0.15) is 0 Å². The number of nitrogens with zero attached hydrogens (tertiary/aromatic N) is 4. The number of benzene rings is 3. The molecule has 178 valence electrons. The van der Waals surface area contributed by atoms with E-state index in [1.54, 1.807) is 14.2 Å². The number of piperazine rings is 1. The molecule has 3 aromatic carbocycles. The molecular weight excluding hydrogens is 440 g/mol. The van der Waals surface area contributed by atoms with Gasteiger partial charge >= 0.3 is 0 Å². The number of hydrogen-bond donors (Lipinski definition) is 0. The standard InChI is InChI=1S/C28H28N4O3/c1-34-25-11-7-20(17-26(25)35-2)18-28(33)32-15-13-31(14-16-32)27-12-10-24(29-30-27)23-9-8-21-5-3-4-6-22(21)19-23/h3-12,17,19H,13-16,18H2,1-2H3. The SMILES string of the molecule is COc1ccc(CC(=O)N2CCN(c3ccc(-c4ccc5ccccc5c4)nn3)CC2)cc1OC. The average Bonchev–Trinajstić information content (AvgIpc) is 2.93. The van der Waals surface area contributed by atoms with E-state index in [2.05, 4.69) is 45.4 Å². The van der Waals surface area contributed by atoms with Crippen molar-refractivity contribution < 1.29 is 14.3 Å². The van der Waals surface area contributed by atoms with E-state index in [4.69, 9.17) is 9.47 Å². The van der Waals surface area contributed by atoms with Crippen LogP contribution in [0.4, 0.5) is 5.82 Å². The Bertz CT molecular complexity index is 1330. The Balaban J connectivity index is 1.19. The van der Waals surface area contributed by atoms with Crippen molar-refractivity contribution >= 4 is 22.5 Å². The molecule has 4 aromatic rings. The Morgan fingerprint density at radius 3 is 2.29 bits per heavy atom. The summed E-state index contributed by atoms with van der Waals surface area (Å²) in [5.41, 5.74) is 2.81. The number of carbonyl (C=O) groups excluding carboxylic acids is 1. The van der Waals surface area contributed by atoms with Gasteiger partial charge in [-0.1, -0.05) is 42.5 Å². The van der Waals surface area contributed by atoms with Crippen LogP contribution < -0.4 is 14.4 Å². The summed E-state index contributed by atoms with van der Waals surface area (Å²) in [4.78, 5) is 17.0. The Morgan fingerprint density at radius 1 is 0.800 bits per heavy atom.